The molecule has 6 nitrogen and oxygen atoms in total. The van der Waals surface area contributed by atoms with Gasteiger partial charge in [-0.25, -0.2) is 0 Å². The highest BCUT2D eigenvalue weighted by molar-refractivity contribution is 6.39. The molecule has 3 aromatic rings. The number of hydrogen-bond acceptors (Lipinski definition) is 3. The van der Waals surface area contributed by atoms with E-state index in [1.165, 1.54) is 33.8 Å². The molecule has 0 aromatic carbocycles. The van der Waals surface area contributed by atoms with Crippen LogP contribution in [-0.4, -0.2) is 21.0 Å². The molecular formula is C30H48BN3O3. The van der Waals surface area contributed by atoms with Gasteiger partial charge in [0.1, 0.15) is 0 Å². The average molecular weight is 510 g/mol. The molecule has 0 spiro atoms. The van der Waals surface area contributed by atoms with Gasteiger partial charge in [-0.05, 0) is 77.5 Å². The Kier molecular flexibility index (Phi) is 10.3. The highest BCUT2D eigenvalue weighted by Crippen LogP contribution is 2.32. The first-order valence-corrected chi connectivity index (χ1v) is 14.6. The average Bonchev–Trinajstić information content (AvgIpc) is 3.57. The normalized spacial score (nSPS) is 11.3. The lowest BCUT2D eigenvalue weighted by molar-refractivity contribution is 0.271. The van der Waals surface area contributed by atoms with Gasteiger partial charge >= 0.3 is 7.32 Å². The van der Waals surface area contributed by atoms with Gasteiger partial charge < -0.3 is 27.7 Å². The van der Waals surface area contributed by atoms with Crippen molar-refractivity contribution < 1.29 is 14.0 Å². The summed E-state index contributed by atoms with van der Waals surface area (Å²) in [6.45, 7) is 22.1. The summed E-state index contributed by atoms with van der Waals surface area (Å²) in [6, 6.07) is 6.79. The molecule has 0 atom stereocenters. The highest BCUT2D eigenvalue weighted by Gasteiger charge is 2.37. The second kappa shape index (κ2) is 13.2. The van der Waals surface area contributed by atoms with Crippen molar-refractivity contribution in [3.63, 3.8) is 0 Å². The van der Waals surface area contributed by atoms with E-state index >= 15 is 0 Å². The molecule has 7 heteroatoms. The number of aryl methyl sites for hydroxylation is 6. The second-order valence-electron chi connectivity index (χ2n) is 9.39. The van der Waals surface area contributed by atoms with Gasteiger partial charge in [0.25, 0.3) is 0 Å². The minimum atomic E-state index is -0.916. The first-order chi connectivity index (χ1) is 17.9. The van der Waals surface area contributed by atoms with Crippen molar-refractivity contribution in [2.45, 2.75) is 120 Å². The van der Waals surface area contributed by atoms with E-state index in [1.54, 1.807) is 0 Å². The van der Waals surface area contributed by atoms with Crippen molar-refractivity contribution in [3.05, 3.63) is 52.0 Å². The van der Waals surface area contributed by atoms with E-state index in [1.807, 2.05) is 0 Å². The Bertz CT molecular complexity index is 1010. The molecule has 37 heavy (non-hydrogen) atoms. The molecule has 0 saturated carbocycles. The topological polar surface area (TPSA) is 42.5 Å². The summed E-state index contributed by atoms with van der Waals surface area (Å²) >= 11 is 0. The van der Waals surface area contributed by atoms with E-state index in [9.17, 15) is 0 Å². The van der Waals surface area contributed by atoms with E-state index in [4.69, 9.17) is 14.0 Å². The molecule has 0 saturated heterocycles. The van der Waals surface area contributed by atoms with Gasteiger partial charge in [0.05, 0.1) is 0 Å². The quantitative estimate of drug-likeness (QED) is 0.206. The van der Waals surface area contributed by atoms with Crippen molar-refractivity contribution in [1.29, 1.82) is 0 Å². The van der Waals surface area contributed by atoms with Crippen LogP contribution in [-0.2, 0) is 58.2 Å². The Morgan fingerprint density at radius 3 is 0.919 bits per heavy atom. The number of nitrogens with zero attached hydrogens (tertiary/aromatic N) is 3. The highest BCUT2D eigenvalue weighted by atomic mass is 16.7. The molecule has 0 N–H and O–H groups in total. The Balaban J connectivity index is 2.13. The monoisotopic (exact) mass is 509 g/mol. The van der Waals surface area contributed by atoms with Gasteiger partial charge in [0.2, 0.25) is 0 Å². The summed E-state index contributed by atoms with van der Waals surface area (Å²) in [6.07, 6.45) is 5.52. The molecule has 0 aliphatic carbocycles. The van der Waals surface area contributed by atoms with Crippen LogP contribution in [0, 0.1) is 0 Å². The first-order valence-electron chi connectivity index (χ1n) is 14.6. The Morgan fingerprint density at radius 2 is 0.730 bits per heavy atom. The van der Waals surface area contributed by atoms with Crippen molar-refractivity contribution in [3.8, 4) is 17.6 Å². The van der Waals surface area contributed by atoms with Crippen LogP contribution < -0.4 is 14.0 Å². The van der Waals surface area contributed by atoms with Crippen molar-refractivity contribution >= 4 is 7.32 Å². The van der Waals surface area contributed by atoms with Crippen molar-refractivity contribution in [2.24, 2.45) is 0 Å². The van der Waals surface area contributed by atoms with Gasteiger partial charge in [-0.1, -0.05) is 41.5 Å². The third-order valence-electron chi connectivity index (χ3n) is 7.42. The van der Waals surface area contributed by atoms with Crippen LogP contribution in [0.15, 0.2) is 18.2 Å². The molecule has 3 heterocycles. The first kappa shape index (κ1) is 28.9. The maximum absolute atomic E-state index is 6.72. The van der Waals surface area contributed by atoms with E-state index in [2.05, 4.69) is 94.2 Å². The molecule has 0 aliphatic rings. The lowest BCUT2D eigenvalue weighted by Gasteiger charge is -2.22. The Labute approximate surface area is 225 Å². The van der Waals surface area contributed by atoms with Gasteiger partial charge in [-0.3, -0.25) is 0 Å². The van der Waals surface area contributed by atoms with Crippen LogP contribution in [0.3, 0.4) is 0 Å². The smallest absolute Gasteiger partial charge is 0.475 e. The summed E-state index contributed by atoms with van der Waals surface area (Å²) in [4.78, 5) is 0. The fraction of sp³-hybridized carbons (Fsp3) is 0.600. The molecular weight excluding hydrogens is 461 g/mol. The lowest BCUT2D eigenvalue weighted by atomic mass is 10.1. The third kappa shape index (κ3) is 5.76. The molecule has 0 amide bonds. The maximum Gasteiger partial charge on any atom is 0.867 e. The van der Waals surface area contributed by atoms with E-state index in [-0.39, 0.29) is 0 Å². The maximum atomic E-state index is 6.72. The number of aromatic nitrogens is 3. The molecule has 0 bridgehead atoms. The molecule has 204 valence electrons. The second-order valence-corrected chi connectivity index (χ2v) is 9.39. The minimum Gasteiger partial charge on any atom is -0.475 e. The summed E-state index contributed by atoms with van der Waals surface area (Å²) < 4.78 is 26.9. The van der Waals surface area contributed by atoms with Crippen LogP contribution in [0.5, 0.6) is 17.6 Å². The molecule has 0 radical (unpaired) electrons. The summed E-state index contributed by atoms with van der Waals surface area (Å²) in [5.41, 5.74) is 7.36. The lowest BCUT2D eigenvalue weighted by Crippen LogP contribution is -2.39. The largest absolute Gasteiger partial charge is 0.867 e. The van der Waals surface area contributed by atoms with Gasteiger partial charge in [0.15, 0.2) is 17.6 Å². The molecule has 0 aliphatic heterocycles. The van der Waals surface area contributed by atoms with Crippen LogP contribution in [0.25, 0.3) is 0 Å². The van der Waals surface area contributed by atoms with Gasteiger partial charge in [-0.2, -0.15) is 0 Å². The SMILES string of the molecule is CCc1cc(CC)n(CC)c1OB(Oc1c(CC)cc(CC)n1CC)Oc1c(CC)cc(CC)n1CC. The molecule has 0 unspecified atom stereocenters. The standard InChI is InChI=1S/C30H48BN3O3/c1-10-22-19-25(13-4)32(16-7)28(22)35-31(36-29-23(11-2)20-26(14-5)33(29)17-8)37-30-24(12-3)21-27(15-6)34(30)18-9/h19-21H,10-18H2,1-9H3. The predicted octanol–water partition coefficient (Wildman–Crippen LogP) is 7.05. The molecule has 3 aromatic heterocycles. The van der Waals surface area contributed by atoms with E-state index in [0.29, 0.717) is 0 Å². The third-order valence-corrected chi connectivity index (χ3v) is 7.42. The Hall–Kier alpha value is -2.70. The Morgan fingerprint density at radius 1 is 0.459 bits per heavy atom. The zero-order valence-corrected chi connectivity index (χ0v) is 24.7. The number of hydrogen-bond donors (Lipinski definition) is 0. The molecule has 0 fully saturated rings. The van der Waals surface area contributed by atoms with Gasteiger partial charge in [-0.15, -0.1) is 0 Å². The van der Waals surface area contributed by atoms with E-state index < -0.39 is 7.32 Å². The number of rotatable bonds is 15. The minimum absolute atomic E-state index is 0.836. The predicted molar refractivity (Wildman–Crippen MR) is 154 cm³/mol. The summed E-state index contributed by atoms with van der Waals surface area (Å²) in [5, 5.41) is 0. The zero-order chi connectivity index (χ0) is 27.1. The van der Waals surface area contributed by atoms with Crippen molar-refractivity contribution in [2.75, 3.05) is 0 Å². The van der Waals surface area contributed by atoms with Crippen LogP contribution in [0.4, 0.5) is 0 Å². The van der Waals surface area contributed by atoms with E-state index in [0.717, 1.165) is 75.8 Å². The zero-order valence-electron chi connectivity index (χ0n) is 24.7. The fourth-order valence-electron chi connectivity index (χ4n) is 5.38. The van der Waals surface area contributed by atoms with Crippen LogP contribution >= 0.6 is 0 Å². The summed E-state index contributed by atoms with van der Waals surface area (Å²) in [7, 11) is -0.916. The van der Waals surface area contributed by atoms with Gasteiger partial charge in [0, 0.05) is 53.4 Å². The van der Waals surface area contributed by atoms with Crippen LogP contribution in [0.1, 0.15) is 96.1 Å². The molecule has 3 rings (SSSR count). The van der Waals surface area contributed by atoms with Crippen LogP contribution in [0.2, 0.25) is 0 Å². The summed E-state index contributed by atoms with van der Waals surface area (Å²) in [5.74, 6) is 2.54. The fourth-order valence-corrected chi connectivity index (χ4v) is 5.38. The van der Waals surface area contributed by atoms with Crippen molar-refractivity contribution in [1.82, 2.24) is 13.7 Å².